The van der Waals surface area contributed by atoms with Crippen LogP contribution < -0.4 is 4.74 Å². The van der Waals surface area contributed by atoms with Gasteiger partial charge < -0.3 is 14.2 Å². The van der Waals surface area contributed by atoms with Crippen LogP contribution in [0.4, 0.5) is 0 Å². The molecule has 0 bridgehead atoms. The first-order valence-corrected chi connectivity index (χ1v) is 9.46. The highest BCUT2D eigenvalue weighted by Crippen LogP contribution is 2.32. The molecule has 5 nitrogen and oxygen atoms in total. The summed E-state index contributed by atoms with van der Waals surface area (Å²) in [5.74, 6) is 0.351. The third-order valence-electron chi connectivity index (χ3n) is 5.42. The van der Waals surface area contributed by atoms with Crippen LogP contribution in [0.25, 0.3) is 0 Å². The number of benzene rings is 2. The second-order valence-electron chi connectivity index (χ2n) is 7.10. The molecule has 2 fully saturated rings. The van der Waals surface area contributed by atoms with Crippen LogP contribution in [0.5, 0.6) is 5.75 Å². The Morgan fingerprint density at radius 1 is 1.07 bits per heavy atom. The first-order chi connectivity index (χ1) is 13.2. The Bertz CT molecular complexity index is 803. The lowest BCUT2D eigenvalue weighted by Crippen LogP contribution is -2.44. The first kappa shape index (κ1) is 18.2. The van der Waals surface area contributed by atoms with Gasteiger partial charge in [-0.3, -0.25) is 9.69 Å². The maximum absolute atomic E-state index is 13.1. The van der Waals surface area contributed by atoms with Crippen molar-refractivity contribution in [2.24, 2.45) is 0 Å². The minimum atomic E-state index is -0.369. The van der Waals surface area contributed by atoms with Gasteiger partial charge in [-0.2, -0.15) is 0 Å². The number of methoxy groups -OCH3 is 1. The quantitative estimate of drug-likeness (QED) is 0.759. The largest absolute Gasteiger partial charge is 0.497 e. The van der Waals surface area contributed by atoms with Gasteiger partial charge in [0.05, 0.1) is 20.3 Å². The molecule has 0 aliphatic carbocycles. The van der Waals surface area contributed by atoms with E-state index in [0.717, 1.165) is 43.6 Å². The number of nitrogens with zero attached hydrogens (tertiary/aromatic N) is 1. The van der Waals surface area contributed by atoms with Gasteiger partial charge in [-0.05, 0) is 17.7 Å². The SMILES string of the molecule is COc1cccc(C(=O)c2ccccc2CN2CCC3(CC2)OCCO3)c1. The van der Waals surface area contributed by atoms with Gasteiger partial charge in [0.25, 0.3) is 0 Å². The molecule has 0 amide bonds. The van der Waals surface area contributed by atoms with Gasteiger partial charge in [0.15, 0.2) is 11.6 Å². The average Bonchev–Trinajstić information content (AvgIpc) is 3.18. The zero-order valence-electron chi connectivity index (χ0n) is 15.6. The van der Waals surface area contributed by atoms with Crippen molar-refractivity contribution in [2.75, 3.05) is 33.4 Å². The molecule has 2 heterocycles. The molecule has 0 aromatic heterocycles. The topological polar surface area (TPSA) is 48.0 Å². The van der Waals surface area contributed by atoms with Gasteiger partial charge in [0, 0.05) is 43.6 Å². The van der Waals surface area contributed by atoms with Crippen molar-refractivity contribution in [1.82, 2.24) is 4.90 Å². The zero-order chi connectivity index (χ0) is 18.7. The molecule has 0 atom stereocenters. The molecule has 0 radical (unpaired) electrons. The van der Waals surface area contributed by atoms with E-state index in [1.54, 1.807) is 13.2 Å². The molecule has 5 heteroatoms. The average molecular weight is 367 g/mol. The molecule has 2 aliphatic heterocycles. The molecule has 0 unspecified atom stereocenters. The van der Waals surface area contributed by atoms with E-state index in [0.29, 0.717) is 24.5 Å². The van der Waals surface area contributed by atoms with Crippen molar-refractivity contribution in [3.63, 3.8) is 0 Å². The van der Waals surface area contributed by atoms with Crippen LogP contribution >= 0.6 is 0 Å². The Labute approximate surface area is 159 Å². The highest BCUT2D eigenvalue weighted by Gasteiger charge is 2.39. The molecule has 2 aromatic carbocycles. The fourth-order valence-corrected chi connectivity index (χ4v) is 3.88. The summed E-state index contributed by atoms with van der Waals surface area (Å²) in [5.41, 5.74) is 2.45. The summed E-state index contributed by atoms with van der Waals surface area (Å²) in [5, 5.41) is 0. The van der Waals surface area contributed by atoms with Crippen LogP contribution in [0, 0.1) is 0 Å². The summed E-state index contributed by atoms with van der Waals surface area (Å²) in [6.07, 6.45) is 1.75. The minimum absolute atomic E-state index is 0.0282. The van der Waals surface area contributed by atoms with Crippen LogP contribution in [-0.4, -0.2) is 49.9 Å². The number of hydrogen-bond donors (Lipinski definition) is 0. The van der Waals surface area contributed by atoms with Crippen molar-refractivity contribution in [2.45, 2.75) is 25.2 Å². The standard InChI is InChI=1S/C22H25NO4/c1-25-19-7-4-6-17(15-19)21(24)20-8-3-2-5-18(20)16-23-11-9-22(10-12-23)26-13-14-27-22/h2-8,15H,9-14,16H2,1H3. The predicted octanol–water partition coefficient (Wildman–Crippen LogP) is 3.27. The van der Waals surface area contributed by atoms with Gasteiger partial charge in [-0.25, -0.2) is 0 Å². The Morgan fingerprint density at radius 2 is 1.81 bits per heavy atom. The van der Waals surface area contributed by atoms with Crippen LogP contribution in [-0.2, 0) is 16.0 Å². The molecule has 1 spiro atoms. The number of ketones is 1. The lowest BCUT2D eigenvalue weighted by molar-refractivity contribution is -0.185. The third-order valence-corrected chi connectivity index (χ3v) is 5.42. The van der Waals surface area contributed by atoms with E-state index in [4.69, 9.17) is 14.2 Å². The minimum Gasteiger partial charge on any atom is -0.497 e. The Kier molecular flexibility index (Phi) is 5.25. The van der Waals surface area contributed by atoms with E-state index in [-0.39, 0.29) is 11.6 Å². The van der Waals surface area contributed by atoms with E-state index in [1.165, 1.54) is 0 Å². The molecule has 142 valence electrons. The van der Waals surface area contributed by atoms with Gasteiger partial charge in [0.1, 0.15) is 5.75 Å². The van der Waals surface area contributed by atoms with Crippen LogP contribution in [0.15, 0.2) is 48.5 Å². The van der Waals surface area contributed by atoms with Crippen LogP contribution in [0.2, 0.25) is 0 Å². The Hall–Kier alpha value is -2.21. The Balaban J connectivity index is 1.49. The van der Waals surface area contributed by atoms with Gasteiger partial charge in [0.2, 0.25) is 0 Å². The molecular weight excluding hydrogens is 342 g/mol. The summed E-state index contributed by atoms with van der Waals surface area (Å²) < 4.78 is 16.9. The molecule has 2 saturated heterocycles. The summed E-state index contributed by atoms with van der Waals surface area (Å²) >= 11 is 0. The fourth-order valence-electron chi connectivity index (χ4n) is 3.88. The summed E-state index contributed by atoms with van der Waals surface area (Å²) in [4.78, 5) is 15.4. The lowest BCUT2D eigenvalue weighted by atomic mass is 9.96. The smallest absolute Gasteiger partial charge is 0.193 e. The molecule has 0 N–H and O–H groups in total. The second-order valence-corrected chi connectivity index (χ2v) is 7.10. The zero-order valence-corrected chi connectivity index (χ0v) is 15.6. The van der Waals surface area contributed by atoms with Crippen molar-refractivity contribution in [1.29, 1.82) is 0 Å². The Morgan fingerprint density at radius 3 is 2.56 bits per heavy atom. The molecule has 4 rings (SSSR count). The number of carbonyl (C=O) groups is 1. The van der Waals surface area contributed by atoms with E-state index in [1.807, 2.05) is 42.5 Å². The highest BCUT2D eigenvalue weighted by molar-refractivity contribution is 6.10. The van der Waals surface area contributed by atoms with Crippen molar-refractivity contribution < 1.29 is 19.0 Å². The van der Waals surface area contributed by atoms with Crippen molar-refractivity contribution in [3.05, 3.63) is 65.2 Å². The third kappa shape index (κ3) is 3.90. The predicted molar refractivity (Wildman–Crippen MR) is 102 cm³/mol. The van der Waals surface area contributed by atoms with Gasteiger partial charge in [-0.1, -0.05) is 36.4 Å². The van der Waals surface area contributed by atoms with Gasteiger partial charge in [-0.15, -0.1) is 0 Å². The molecule has 2 aliphatic rings. The second kappa shape index (κ2) is 7.80. The normalized spacial score (nSPS) is 19.3. The van der Waals surface area contributed by atoms with Crippen molar-refractivity contribution in [3.8, 4) is 5.75 Å². The van der Waals surface area contributed by atoms with E-state index < -0.39 is 0 Å². The van der Waals surface area contributed by atoms with Crippen LogP contribution in [0.1, 0.15) is 34.3 Å². The number of hydrogen-bond acceptors (Lipinski definition) is 5. The maximum atomic E-state index is 13.1. The molecule has 2 aromatic rings. The summed E-state index contributed by atoms with van der Waals surface area (Å²) in [6.45, 7) is 3.95. The lowest BCUT2D eigenvalue weighted by Gasteiger charge is -2.37. The van der Waals surface area contributed by atoms with E-state index >= 15 is 0 Å². The first-order valence-electron chi connectivity index (χ1n) is 9.46. The fraction of sp³-hybridized carbons (Fsp3) is 0.409. The summed E-state index contributed by atoms with van der Waals surface area (Å²) in [6, 6.07) is 15.2. The van der Waals surface area contributed by atoms with Crippen molar-refractivity contribution >= 4 is 5.78 Å². The van der Waals surface area contributed by atoms with E-state index in [9.17, 15) is 4.79 Å². The number of likely N-dealkylation sites (tertiary alicyclic amines) is 1. The number of piperidine rings is 1. The molecule has 27 heavy (non-hydrogen) atoms. The molecular formula is C22H25NO4. The monoisotopic (exact) mass is 367 g/mol. The maximum Gasteiger partial charge on any atom is 0.193 e. The van der Waals surface area contributed by atoms with Crippen LogP contribution in [0.3, 0.4) is 0 Å². The number of carbonyl (C=O) groups excluding carboxylic acids is 1. The van der Waals surface area contributed by atoms with Gasteiger partial charge >= 0.3 is 0 Å². The summed E-state index contributed by atoms with van der Waals surface area (Å²) in [7, 11) is 1.61. The number of rotatable bonds is 5. The molecule has 0 saturated carbocycles. The van der Waals surface area contributed by atoms with E-state index in [2.05, 4.69) is 4.90 Å². The number of ether oxygens (including phenoxy) is 3. The highest BCUT2D eigenvalue weighted by atomic mass is 16.7.